The number of rotatable bonds is 5. The van der Waals surface area contributed by atoms with Crippen LogP contribution in [0.3, 0.4) is 0 Å². The molecule has 1 unspecified atom stereocenters. The van der Waals surface area contributed by atoms with Gasteiger partial charge in [0.1, 0.15) is 0 Å². The molecule has 0 aliphatic heterocycles. The highest BCUT2D eigenvalue weighted by molar-refractivity contribution is 5.88. The van der Waals surface area contributed by atoms with Gasteiger partial charge in [-0.3, -0.25) is 0 Å². The zero-order valence-electron chi connectivity index (χ0n) is 11.4. The van der Waals surface area contributed by atoms with Gasteiger partial charge in [0, 0.05) is 18.2 Å². The molecule has 0 radical (unpaired) electrons. The molecule has 1 aromatic carbocycles. The van der Waals surface area contributed by atoms with Gasteiger partial charge in [0.15, 0.2) is 0 Å². The third-order valence-corrected chi connectivity index (χ3v) is 3.50. The van der Waals surface area contributed by atoms with Crippen molar-refractivity contribution in [2.75, 3.05) is 13.2 Å². The second-order valence-corrected chi connectivity index (χ2v) is 4.85. The minimum atomic E-state index is -0.306. The summed E-state index contributed by atoms with van der Waals surface area (Å²) in [7, 11) is 0. The van der Waals surface area contributed by atoms with Gasteiger partial charge >= 0.3 is 5.97 Å². The van der Waals surface area contributed by atoms with E-state index in [0.717, 1.165) is 12.8 Å². The summed E-state index contributed by atoms with van der Waals surface area (Å²) in [6.45, 7) is 6.46. The van der Waals surface area contributed by atoms with Crippen LogP contribution in [-0.2, 0) is 16.0 Å². The Labute approximate surface area is 114 Å². The van der Waals surface area contributed by atoms with Gasteiger partial charge in [-0.25, -0.2) is 4.79 Å². The van der Waals surface area contributed by atoms with Crippen molar-refractivity contribution in [2.45, 2.75) is 32.2 Å². The molecule has 1 atom stereocenters. The molecule has 2 rings (SSSR count). The van der Waals surface area contributed by atoms with Crippen molar-refractivity contribution in [2.24, 2.45) is 0 Å². The number of aryl methyl sites for hydroxylation is 1. The van der Waals surface area contributed by atoms with E-state index in [2.05, 4.69) is 36.2 Å². The largest absolute Gasteiger partial charge is 0.463 e. The highest BCUT2D eigenvalue weighted by Crippen LogP contribution is 2.29. The molecule has 3 heteroatoms. The fraction of sp³-hybridized carbons (Fsp3) is 0.438. The standard InChI is InChI=1S/C16H21NO2/c1-3-19-16(18)12(2)11-17-15-10-6-8-13-7-4-5-9-14(13)15/h4-5,7,9,15,17H,2-3,6,8,10-11H2,1H3. The molecule has 102 valence electrons. The minimum Gasteiger partial charge on any atom is -0.463 e. The number of nitrogens with one attached hydrogen (secondary N) is 1. The van der Waals surface area contributed by atoms with Crippen LogP contribution in [0.1, 0.15) is 36.9 Å². The maximum atomic E-state index is 11.5. The van der Waals surface area contributed by atoms with Crippen molar-refractivity contribution in [1.82, 2.24) is 5.32 Å². The number of fused-ring (bicyclic) bond motifs is 1. The summed E-state index contributed by atoms with van der Waals surface area (Å²) in [6.07, 6.45) is 3.43. The van der Waals surface area contributed by atoms with Crippen LogP contribution in [-0.4, -0.2) is 19.1 Å². The molecule has 0 bridgehead atoms. The van der Waals surface area contributed by atoms with Crippen molar-refractivity contribution < 1.29 is 9.53 Å². The lowest BCUT2D eigenvalue weighted by Gasteiger charge is -2.26. The lowest BCUT2D eigenvalue weighted by Crippen LogP contribution is -2.28. The fourth-order valence-electron chi connectivity index (χ4n) is 2.52. The maximum Gasteiger partial charge on any atom is 0.334 e. The van der Waals surface area contributed by atoms with Crippen molar-refractivity contribution in [1.29, 1.82) is 0 Å². The Kier molecular flexibility index (Phi) is 4.74. The molecule has 0 spiro atoms. The molecule has 1 aliphatic rings. The average Bonchev–Trinajstić information content (AvgIpc) is 2.45. The van der Waals surface area contributed by atoms with Gasteiger partial charge in [0.25, 0.3) is 0 Å². The second kappa shape index (κ2) is 6.53. The normalized spacial score (nSPS) is 17.6. The van der Waals surface area contributed by atoms with Crippen LogP contribution < -0.4 is 5.32 Å². The van der Waals surface area contributed by atoms with Crippen LogP contribution in [0.4, 0.5) is 0 Å². The van der Waals surface area contributed by atoms with E-state index >= 15 is 0 Å². The summed E-state index contributed by atoms with van der Waals surface area (Å²) in [5.74, 6) is -0.306. The predicted octanol–water partition coefficient (Wildman–Crippen LogP) is 2.77. The van der Waals surface area contributed by atoms with Crippen molar-refractivity contribution in [3.05, 3.63) is 47.5 Å². The quantitative estimate of drug-likeness (QED) is 0.652. The molecule has 1 N–H and O–H groups in total. The first-order valence-corrected chi connectivity index (χ1v) is 6.88. The summed E-state index contributed by atoms with van der Waals surface area (Å²) in [4.78, 5) is 11.5. The number of hydrogen-bond acceptors (Lipinski definition) is 3. The lowest BCUT2D eigenvalue weighted by atomic mass is 9.87. The van der Waals surface area contributed by atoms with E-state index in [1.807, 2.05) is 0 Å². The zero-order valence-corrected chi connectivity index (χ0v) is 11.4. The SMILES string of the molecule is C=C(CNC1CCCc2ccccc21)C(=O)OCC. The maximum absolute atomic E-state index is 11.5. The van der Waals surface area contributed by atoms with Gasteiger partial charge in [-0.05, 0) is 37.3 Å². The predicted molar refractivity (Wildman–Crippen MR) is 75.9 cm³/mol. The van der Waals surface area contributed by atoms with Gasteiger partial charge < -0.3 is 10.1 Å². The van der Waals surface area contributed by atoms with Gasteiger partial charge in [-0.2, -0.15) is 0 Å². The van der Waals surface area contributed by atoms with Gasteiger partial charge in [-0.1, -0.05) is 30.8 Å². The third-order valence-electron chi connectivity index (χ3n) is 3.50. The van der Waals surface area contributed by atoms with Crippen LogP contribution >= 0.6 is 0 Å². The Hall–Kier alpha value is -1.61. The van der Waals surface area contributed by atoms with Gasteiger partial charge in [0.05, 0.1) is 6.61 Å². The summed E-state index contributed by atoms with van der Waals surface area (Å²) < 4.78 is 4.93. The van der Waals surface area contributed by atoms with E-state index < -0.39 is 0 Å². The molecular formula is C16H21NO2. The number of carbonyl (C=O) groups excluding carboxylic acids is 1. The molecule has 1 aromatic rings. The lowest BCUT2D eigenvalue weighted by molar-refractivity contribution is -0.138. The molecule has 0 saturated heterocycles. The molecule has 0 amide bonds. The third kappa shape index (κ3) is 3.44. The van der Waals surface area contributed by atoms with Crippen LogP contribution in [0.5, 0.6) is 0 Å². The Morgan fingerprint density at radius 3 is 3.05 bits per heavy atom. The number of carbonyl (C=O) groups is 1. The van der Waals surface area contributed by atoms with Crippen LogP contribution in [0.15, 0.2) is 36.4 Å². The molecule has 1 aliphatic carbocycles. The summed E-state index contributed by atoms with van der Waals surface area (Å²) in [5.41, 5.74) is 3.25. The van der Waals surface area contributed by atoms with E-state index in [1.165, 1.54) is 17.5 Å². The summed E-state index contributed by atoms with van der Waals surface area (Å²) in [6, 6.07) is 8.82. The smallest absolute Gasteiger partial charge is 0.334 e. The van der Waals surface area contributed by atoms with E-state index in [4.69, 9.17) is 4.74 Å². The number of hydrogen-bond donors (Lipinski definition) is 1. The molecule has 0 heterocycles. The van der Waals surface area contributed by atoms with Crippen molar-refractivity contribution in [3.8, 4) is 0 Å². The monoisotopic (exact) mass is 259 g/mol. The first-order chi connectivity index (χ1) is 9.22. The van der Waals surface area contributed by atoms with E-state index in [0.29, 0.717) is 24.8 Å². The highest BCUT2D eigenvalue weighted by Gasteiger charge is 2.20. The summed E-state index contributed by atoms with van der Waals surface area (Å²) >= 11 is 0. The Bertz CT molecular complexity index is 468. The van der Waals surface area contributed by atoms with Crippen LogP contribution in [0, 0.1) is 0 Å². The summed E-state index contributed by atoms with van der Waals surface area (Å²) in [5, 5.41) is 3.42. The first kappa shape index (κ1) is 13.8. The molecular weight excluding hydrogens is 238 g/mol. The number of benzene rings is 1. The van der Waals surface area contributed by atoms with Crippen molar-refractivity contribution >= 4 is 5.97 Å². The van der Waals surface area contributed by atoms with Crippen LogP contribution in [0.2, 0.25) is 0 Å². The highest BCUT2D eigenvalue weighted by atomic mass is 16.5. The molecule has 0 fully saturated rings. The molecule has 3 nitrogen and oxygen atoms in total. The molecule has 19 heavy (non-hydrogen) atoms. The molecule has 0 aromatic heterocycles. The second-order valence-electron chi connectivity index (χ2n) is 4.85. The van der Waals surface area contributed by atoms with Gasteiger partial charge in [0.2, 0.25) is 0 Å². The topological polar surface area (TPSA) is 38.3 Å². The fourth-order valence-corrected chi connectivity index (χ4v) is 2.52. The van der Waals surface area contributed by atoms with E-state index in [9.17, 15) is 4.79 Å². The van der Waals surface area contributed by atoms with Gasteiger partial charge in [-0.15, -0.1) is 0 Å². The zero-order chi connectivity index (χ0) is 13.7. The minimum absolute atomic E-state index is 0.306. The number of ether oxygens (including phenoxy) is 1. The Morgan fingerprint density at radius 2 is 2.26 bits per heavy atom. The molecule has 0 saturated carbocycles. The van der Waals surface area contributed by atoms with Crippen LogP contribution in [0.25, 0.3) is 0 Å². The number of esters is 1. The first-order valence-electron chi connectivity index (χ1n) is 6.88. The average molecular weight is 259 g/mol. The van der Waals surface area contributed by atoms with E-state index in [1.54, 1.807) is 6.92 Å². The van der Waals surface area contributed by atoms with E-state index in [-0.39, 0.29) is 5.97 Å². The Balaban J connectivity index is 1.94. The Morgan fingerprint density at radius 1 is 1.47 bits per heavy atom. The van der Waals surface area contributed by atoms with Crippen molar-refractivity contribution in [3.63, 3.8) is 0 Å².